The number of anilines is 1. The van der Waals surface area contributed by atoms with Crippen LogP contribution in [0.2, 0.25) is 0 Å². The van der Waals surface area contributed by atoms with E-state index in [1.165, 1.54) is 6.07 Å². The number of aromatic carboxylic acids is 1. The van der Waals surface area contributed by atoms with Crippen LogP contribution in [0.25, 0.3) is 0 Å². The summed E-state index contributed by atoms with van der Waals surface area (Å²) in [7, 11) is 0. The average molecular weight is 290 g/mol. The Labute approximate surface area is 125 Å². The molecule has 1 aliphatic rings. The number of nitrogens with one attached hydrogen (secondary N) is 1. The van der Waals surface area contributed by atoms with Gasteiger partial charge in [-0.2, -0.15) is 0 Å². The van der Waals surface area contributed by atoms with Crippen molar-refractivity contribution in [3.8, 4) is 0 Å². The minimum absolute atomic E-state index is 0.144. The van der Waals surface area contributed by atoms with E-state index in [9.17, 15) is 9.59 Å². The highest BCUT2D eigenvalue weighted by Gasteiger charge is 2.19. The predicted octanol–water partition coefficient (Wildman–Crippen LogP) is 3.35. The van der Waals surface area contributed by atoms with Crippen molar-refractivity contribution in [2.75, 3.05) is 18.4 Å². The number of hydrogen-bond donors (Lipinski definition) is 2. The number of carbonyl (C=O) groups excluding carboxylic acids is 1. The van der Waals surface area contributed by atoms with Gasteiger partial charge in [-0.1, -0.05) is 13.0 Å². The van der Waals surface area contributed by atoms with Crippen LogP contribution in [-0.4, -0.2) is 35.1 Å². The van der Waals surface area contributed by atoms with Crippen molar-refractivity contribution in [3.05, 3.63) is 29.3 Å². The van der Waals surface area contributed by atoms with Gasteiger partial charge in [0, 0.05) is 18.8 Å². The highest BCUT2D eigenvalue weighted by Crippen LogP contribution is 2.20. The van der Waals surface area contributed by atoms with E-state index < -0.39 is 5.97 Å². The van der Waals surface area contributed by atoms with E-state index in [4.69, 9.17) is 5.11 Å². The molecular weight excluding hydrogens is 268 g/mol. The molecule has 0 spiro atoms. The molecule has 2 amide bonds. The van der Waals surface area contributed by atoms with Crippen LogP contribution in [0.1, 0.15) is 42.1 Å². The number of rotatable bonds is 2. The molecule has 1 atom stereocenters. The summed E-state index contributed by atoms with van der Waals surface area (Å²) in [5.41, 5.74) is 1.61. The Morgan fingerprint density at radius 2 is 2.05 bits per heavy atom. The molecule has 21 heavy (non-hydrogen) atoms. The number of carboxylic acid groups (broad SMARTS) is 1. The van der Waals surface area contributed by atoms with E-state index in [-0.39, 0.29) is 11.6 Å². The van der Waals surface area contributed by atoms with Gasteiger partial charge in [0.1, 0.15) is 0 Å². The first-order chi connectivity index (χ1) is 9.97. The van der Waals surface area contributed by atoms with Gasteiger partial charge >= 0.3 is 12.0 Å². The van der Waals surface area contributed by atoms with Crippen LogP contribution < -0.4 is 5.32 Å². The maximum Gasteiger partial charge on any atom is 0.335 e. The molecule has 1 unspecified atom stereocenters. The third-order valence-electron chi connectivity index (χ3n) is 4.03. The van der Waals surface area contributed by atoms with Crippen LogP contribution >= 0.6 is 0 Å². The SMILES string of the molecule is Cc1ccc(C(=O)O)cc1NC(=O)N1CCCC(C)CC1. The van der Waals surface area contributed by atoms with Crippen molar-refractivity contribution in [2.45, 2.75) is 33.1 Å². The first-order valence-electron chi connectivity index (χ1n) is 7.37. The van der Waals surface area contributed by atoms with Crippen molar-refractivity contribution in [1.29, 1.82) is 0 Å². The van der Waals surface area contributed by atoms with Gasteiger partial charge in [0.15, 0.2) is 0 Å². The molecule has 1 fully saturated rings. The number of carboxylic acids is 1. The normalized spacial score (nSPS) is 19.0. The number of amides is 2. The fraction of sp³-hybridized carbons (Fsp3) is 0.500. The van der Waals surface area contributed by atoms with Crippen LogP contribution in [-0.2, 0) is 0 Å². The summed E-state index contributed by atoms with van der Waals surface area (Å²) in [4.78, 5) is 25.2. The van der Waals surface area contributed by atoms with Crippen molar-refractivity contribution >= 4 is 17.7 Å². The molecule has 1 aromatic carbocycles. The maximum atomic E-state index is 12.3. The van der Waals surface area contributed by atoms with Gasteiger partial charge < -0.3 is 15.3 Å². The molecule has 5 heteroatoms. The number of nitrogens with zero attached hydrogens (tertiary/aromatic N) is 1. The van der Waals surface area contributed by atoms with Crippen molar-refractivity contribution in [1.82, 2.24) is 4.90 Å². The van der Waals surface area contributed by atoms with Gasteiger partial charge in [0.05, 0.1) is 5.56 Å². The summed E-state index contributed by atoms with van der Waals surface area (Å²) in [5.74, 6) is -0.339. The lowest BCUT2D eigenvalue weighted by atomic mass is 10.0. The molecule has 1 aromatic rings. The zero-order valence-electron chi connectivity index (χ0n) is 12.6. The van der Waals surface area contributed by atoms with Crippen LogP contribution in [0, 0.1) is 12.8 Å². The minimum Gasteiger partial charge on any atom is -0.478 e. The molecule has 114 valence electrons. The summed E-state index contributed by atoms with van der Waals surface area (Å²) in [6.45, 7) is 5.58. The van der Waals surface area contributed by atoms with E-state index in [1.807, 2.05) is 11.8 Å². The van der Waals surface area contributed by atoms with Crippen molar-refractivity contribution < 1.29 is 14.7 Å². The van der Waals surface area contributed by atoms with Crippen LogP contribution in [0.5, 0.6) is 0 Å². The highest BCUT2D eigenvalue weighted by molar-refractivity contribution is 5.94. The molecule has 1 aliphatic heterocycles. The Balaban J connectivity index is 2.08. The number of likely N-dealkylation sites (tertiary alicyclic amines) is 1. The lowest BCUT2D eigenvalue weighted by Crippen LogP contribution is -2.35. The third kappa shape index (κ3) is 3.97. The number of aryl methyl sites for hydroxylation is 1. The molecule has 2 rings (SSSR count). The van der Waals surface area contributed by atoms with Gasteiger partial charge in [-0.15, -0.1) is 0 Å². The van der Waals surface area contributed by atoms with Crippen LogP contribution in [0.3, 0.4) is 0 Å². The number of benzene rings is 1. The smallest absolute Gasteiger partial charge is 0.335 e. The Kier molecular flexibility index (Phi) is 4.83. The fourth-order valence-electron chi connectivity index (χ4n) is 2.55. The Hall–Kier alpha value is -2.04. The summed E-state index contributed by atoms with van der Waals surface area (Å²) < 4.78 is 0. The van der Waals surface area contributed by atoms with E-state index in [0.29, 0.717) is 11.6 Å². The summed E-state index contributed by atoms with van der Waals surface area (Å²) in [5, 5.41) is 11.9. The maximum absolute atomic E-state index is 12.3. The monoisotopic (exact) mass is 290 g/mol. The van der Waals surface area contributed by atoms with E-state index >= 15 is 0 Å². The standard InChI is InChI=1S/C16H22N2O3/c1-11-4-3-8-18(9-7-11)16(21)17-14-10-13(15(19)20)6-5-12(14)2/h5-6,10-11H,3-4,7-9H2,1-2H3,(H,17,21)(H,19,20). The zero-order valence-corrected chi connectivity index (χ0v) is 12.6. The topological polar surface area (TPSA) is 69.6 Å². The molecule has 0 saturated carbocycles. The van der Waals surface area contributed by atoms with Gasteiger partial charge in [-0.25, -0.2) is 9.59 Å². The molecule has 0 radical (unpaired) electrons. The lowest BCUT2D eigenvalue weighted by molar-refractivity contribution is 0.0697. The first-order valence-corrected chi connectivity index (χ1v) is 7.37. The lowest BCUT2D eigenvalue weighted by Gasteiger charge is -2.21. The molecular formula is C16H22N2O3. The van der Waals surface area contributed by atoms with Crippen molar-refractivity contribution in [2.24, 2.45) is 5.92 Å². The molecule has 1 saturated heterocycles. The number of carbonyl (C=O) groups is 2. The predicted molar refractivity (Wildman–Crippen MR) is 81.7 cm³/mol. The first kappa shape index (κ1) is 15.4. The van der Waals surface area contributed by atoms with E-state index in [2.05, 4.69) is 12.2 Å². The van der Waals surface area contributed by atoms with E-state index in [0.717, 1.165) is 37.9 Å². The molecule has 2 N–H and O–H groups in total. The fourth-order valence-corrected chi connectivity index (χ4v) is 2.55. The third-order valence-corrected chi connectivity index (χ3v) is 4.03. The van der Waals surface area contributed by atoms with Crippen LogP contribution in [0.4, 0.5) is 10.5 Å². The second kappa shape index (κ2) is 6.61. The second-order valence-electron chi connectivity index (χ2n) is 5.79. The second-order valence-corrected chi connectivity index (χ2v) is 5.79. The zero-order chi connectivity index (χ0) is 15.4. The molecule has 5 nitrogen and oxygen atoms in total. The molecule has 0 aromatic heterocycles. The van der Waals surface area contributed by atoms with Gasteiger partial charge in [0.2, 0.25) is 0 Å². The Morgan fingerprint density at radius 3 is 2.76 bits per heavy atom. The number of hydrogen-bond acceptors (Lipinski definition) is 2. The van der Waals surface area contributed by atoms with Gasteiger partial charge in [-0.3, -0.25) is 0 Å². The Morgan fingerprint density at radius 1 is 1.29 bits per heavy atom. The van der Waals surface area contributed by atoms with Gasteiger partial charge in [-0.05, 0) is 49.8 Å². The quantitative estimate of drug-likeness (QED) is 0.877. The molecule has 1 heterocycles. The Bertz CT molecular complexity index is 542. The highest BCUT2D eigenvalue weighted by atomic mass is 16.4. The molecule has 0 aliphatic carbocycles. The van der Waals surface area contributed by atoms with Crippen LogP contribution in [0.15, 0.2) is 18.2 Å². The van der Waals surface area contributed by atoms with Crippen molar-refractivity contribution in [3.63, 3.8) is 0 Å². The largest absolute Gasteiger partial charge is 0.478 e. The van der Waals surface area contributed by atoms with Gasteiger partial charge in [0.25, 0.3) is 0 Å². The summed E-state index contributed by atoms with van der Waals surface area (Å²) in [6, 6.07) is 4.62. The summed E-state index contributed by atoms with van der Waals surface area (Å²) in [6.07, 6.45) is 3.18. The minimum atomic E-state index is -0.992. The van der Waals surface area contributed by atoms with E-state index in [1.54, 1.807) is 12.1 Å². The number of urea groups is 1. The summed E-state index contributed by atoms with van der Waals surface area (Å²) >= 11 is 0. The average Bonchev–Trinajstić information content (AvgIpc) is 2.65. The molecule has 0 bridgehead atoms.